The Bertz CT molecular complexity index is 529. The summed E-state index contributed by atoms with van der Waals surface area (Å²) in [6.45, 7) is 13.5. The summed E-state index contributed by atoms with van der Waals surface area (Å²) in [5.41, 5.74) is 0. The third-order valence-electron chi connectivity index (χ3n) is 6.83. The van der Waals surface area contributed by atoms with Crippen molar-refractivity contribution in [3.05, 3.63) is 0 Å². The molecule has 51 heavy (non-hydrogen) atoms. The van der Waals surface area contributed by atoms with Crippen LogP contribution in [0.15, 0.2) is 0 Å². The molecule has 308 valence electrons. The molecule has 11 heteroatoms. The standard InChI is InChI=1S/4C8H17.4C2H4O2.H2O.2Sn/c4*1-3-5-7-8-6-4-2;4*1-2(3)4;;;/h4*1,3-8H2,2H3;4*1H3,(H,3,4);1H2;;. The number of rotatable bonds is 28. The van der Waals surface area contributed by atoms with Crippen molar-refractivity contribution in [1.29, 1.82) is 0 Å². The number of carboxylic acids is 4. The van der Waals surface area contributed by atoms with E-state index in [1.165, 1.54) is 128 Å². The van der Waals surface area contributed by atoms with Gasteiger partial charge in [0.25, 0.3) is 23.9 Å². The van der Waals surface area contributed by atoms with Gasteiger partial charge in [-0.05, 0) is 0 Å². The molecule has 0 aliphatic heterocycles. The normalized spacial score (nSPS) is 9.25. The van der Waals surface area contributed by atoms with Crippen LogP contribution in [0.3, 0.4) is 0 Å². The summed E-state index contributed by atoms with van der Waals surface area (Å²) in [6, 6.07) is 0. The zero-order valence-electron chi connectivity index (χ0n) is 34.7. The molecule has 0 spiro atoms. The van der Waals surface area contributed by atoms with Crippen LogP contribution >= 0.6 is 0 Å². The monoisotopic (exact) mass is 950 g/mol. The van der Waals surface area contributed by atoms with Crippen LogP contribution in [0, 0.1) is 0 Å². The molecule has 0 aromatic heterocycles. The number of hydrogen-bond acceptors (Lipinski definition) is 4. The zero-order valence-corrected chi connectivity index (χ0v) is 40.4. The molecule has 0 saturated carbocycles. The van der Waals surface area contributed by atoms with Gasteiger partial charge in [-0.3, -0.25) is 19.2 Å². The van der Waals surface area contributed by atoms with Gasteiger partial charge in [-0.25, -0.2) is 0 Å². The van der Waals surface area contributed by atoms with Crippen molar-refractivity contribution in [3.8, 4) is 0 Å². The molecule has 0 atom stereocenters. The second-order valence-electron chi connectivity index (χ2n) is 12.6. The van der Waals surface area contributed by atoms with Crippen molar-refractivity contribution in [2.45, 2.75) is 227 Å². The van der Waals surface area contributed by atoms with Crippen LogP contribution in [-0.2, 0) is 19.2 Å². The van der Waals surface area contributed by atoms with Crippen LogP contribution < -0.4 is 0 Å². The first kappa shape index (κ1) is 65.3. The van der Waals surface area contributed by atoms with Crippen molar-refractivity contribution >= 4 is 66.2 Å². The van der Waals surface area contributed by atoms with Crippen molar-refractivity contribution in [3.63, 3.8) is 0 Å². The molecule has 0 bridgehead atoms. The number of unbranched alkanes of at least 4 members (excludes halogenated alkanes) is 20. The molecule has 4 radical (unpaired) electrons. The van der Waals surface area contributed by atoms with Crippen molar-refractivity contribution in [2.75, 3.05) is 0 Å². The molecule has 0 fully saturated rings. The predicted octanol–water partition coefficient (Wildman–Crippen LogP) is 12.0. The van der Waals surface area contributed by atoms with Gasteiger partial charge in [0.15, 0.2) is 0 Å². The maximum absolute atomic E-state index is 9.00. The van der Waals surface area contributed by atoms with Crippen LogP contribution in [0.5, 0.6) is 0 Å². The van der Waals surface area contributed by atoms with Gasteiger partial charge >= 0.3 is 242 Å². The number of aliphatic carboxylic acids is 4. The Labute approximate surface area is 336 Å². The van der Waals surface area contributed by atoms with Crippen LogP contribution in [0.2, 0.25) is 17.7 Å². The molecular formula is C40H86O9Sn2. The summed E-state index contributed by atoms with van der Waals surface area (Å²) >= 11 is 0.147. The molecule has 0 unspecified atom stereocenters. The van der Waals surface area contributed by atoms with Gasteiger partial charge in [0.2, 0.25) is 0 Å². The van der Waals surface area contributed by atoms with E-state index in [9.17, 15) is 0 Å². The Morgan fingerprint density at radius 1 is 0.314 bits per heavy atom. The van der Waals surface area contributed by atoms with E-state index in [0.717, 1.165) is 27.7 Å². The molecule has 0 saturated heterocycles. The van der Waals surface area contributed by atoms with Crippen LogP contribution in [0.25, 0.3) is 0 Å². The maximum Gasteiger partial charge on any atom is -0.412 e. The summed E-state index contributed by atoms with van der Waals surface area (Å²) < 4.78 is 6.63. The molecule has 0 aliphatic rings. The molecule has 0 rings (SSSR count). The first-order chi connectivity index (χ1) is 23.8. The van der Waals surface area contributed by atoms with Crippen LogP contribution in [0.4, 0.5) is 0 Å². The summed E-state index contributed by atoms with van der Waals surface area (Å²) in [6.07, 6.45) is 35.7. The van der Waals surface area contributed by atoms with Crippen molar-refractivity contribution in [2.24, 2.45) is 0 Å². The number of carbonyl (C=O) groups is 4. The average molecular weight is 949 g/mol. The van der Waals surface area contributed by atoms with Gasteiger partial charge in [0, 0.05) is 27.7 Å². The van der Waals surface area contributed by atoms with Crippen molar-refractivity contribution in [1.82, 2.24) is 0 Å². The average Bonchev–Trinajstić information content (AvgIpc) is 3.01. The van der Waals surface area contributed by atoms with E-state index in [4.69, 9.17) is 39.6 Å². The SMILES string of the molecule is CC(=O)O.CC(=O)O.CC(=O)O.CC(=O)O.CCCCCCC[CH2][Sn][CH2]CCCCCCC.CCCCCCC[CH2][Sn][CH2]CCCCCCC.O. The van der Waals surface area contributed by atoms with E-state index in [2.05, 4.69) is 27.7 Å². The Kier molecular flexibility index (Phi) is 86.5. The Morgan fingerprint density at radius 2 is 0.431 bits per heavy atom. The van der Waals surface area contributed by atoms with Gasteiger partial charge in [-0.2, -0.15) is 0 Å². The maximum atomic E-state index is 9.00. The molecule has 6 N–H and O–H groups in total. The molecule has 0 aromatic carbocycles. The van der Waals surface area contributed by atoms with E-state index < -0.39 is 23.9 Å². The first-order valence-corrected chi connectivity index (χ1v) is 28.0. The van der Waals surface area contributed by atoms with Gasteiger partial charge in [0.05, 0.1) is 0 Å². The minimum atomic E-state index is -0.833. The quantitative estimate of drug-likeness (QED) is 0.0442. The van der Waals surface area contributed by atoms with Crippen LogP contribution in [-0.4, -0.2) is 92.1 Å². The van der Waals surface area contributed by atoms with Crippen LogP contribution in [0.1, 0.15) is 209 Å². The Hall–Kier alpha value is -0.563. The fourth-order valence-electron chi connectivity index (χ4n) is 4.37. The first-order valence-electron chi connectivity index (χ1n) is 20.0. The fraction of sp³-hybridized carbons (Fsp3) is 0.900. The second kappa shape index (κ2) is 67.6. The third-order valence-corrected chi connectivity index (χ3v) is 14.9. The topological polar surface area (TPSA) is 181 Å². The summed E-state index contributed by atoms with van der Waals surface area (Å²) in [7, 11) is 0. The van der Waals surface area contributed by atoms with Gasteiger partial charge in [-0.1, -0.05) is 0 Å². The Morgan fingerprint density at radius 3 is 0.569 bits per heavy atom. The fourth-order valence-corrected chi connectivity index (χ4v) is 11.5. The third kappa shape index (κ3) is 148. The zero-order chi connectivity index (χ0) is 39.5. The molecule has 0 aliphatic carbocycles. The molecule has 0 aromatic rings. The molecule has 0 heterocycles. The number of hydrogen-bond donors (Lipinski definition) is 4. The van der Waals surface area contributed by atoms with Gasteiger partial charge in [0.1, 0.15) is 0 Å². The molecular weight excluding hydrogens is 862 g/mol. The van der Waals surface area contributed by atoms with Gasteiger partial charge in [-0.15, -0.1) is 0 Å². The largest absolute Gasteiger partial charge is 0.412 e. The molecule has 9 nitrogen and oxygen atoms in total. The van der Waals surface area contributed by atoms with Crippen molar-refractivity contribution < 1.29 is 45.1 Å². The summed E-state index contributed by atoms with van der Waals surface area (Å²) in [5.74, 6) is -3.33. The Balaban J connectivity index is -0.000000105. The number of carboxylic acid groups (broad SMARTS) is 4. The van der Waals surface area contributed by atoms with E-state index in [0.29, 0.717) is 0 Å². The second-order valence-corrected chi connectivity index (χ2v) is 21.2. The smallest absolute Gasteiger partial charge is 0.412 e. The van der Waals surface area contributed by atoms with E-state index in [1.807, 2.05) is 0 Å². The summed E-state index contributed by atoms with van der Waals surface area (Å²) in [5, 5.41) is 29.7. The van der Waals surface area contributed by atoms with Gasteiger partial charge < -0.3 is 25.9 Å². The van der Waals surface area contributed by atoms with E-state index in [1.54, 1.807) is 43.4 Å². The predicted molar refractivity (Wildman–Crippen MR) is 221 cm³/mol. The minimum Gasteiger partial charge on any atom is -0.412 e. The van der Waals surface area contributed by atoms with E-state index >= 15 is 0 Å². The summed E-state index contributed by atoms with van der Waals surface area (Å²) in [4.78, 5) is 36.0. The molecule has 0 amide bonds. The minimum absolute atomic E-state index is 0. The van der Waals surface area contributed by atoms with E-state index in [-0.39, 0.29) is 47.8 Å².